The van der Waals surface area contributed by atoms with Crippen molar-refractivity contribution in [3.63, 3.8) is 0 Å². The molecule has 0 radical (unpaired) electrons. The largest absolute Gasteiger partial charge is 0.397 e. The van der Waals surface area contributed by atoms with Crippen LogP contribution in [0.5, 0.6) is 0 Å². The van der Waals surface area contributed by atoms with E-state index in [4.69, 9.17) is 11.0 Å². The summed E-state index contributed by atoms with van der Waals surface area (Å²) in [6.07, 6.45) is 1.46. The molecule has 3 N–H and O–H groups in total. The summed E-state index contributed by atoms with van der Waals surface area (Å²) in [7, 11) is 0. The number of hydrogen-bond acceptors (Lipinski definition) is 4. The molecule has 90 valence electrons. The summed E-state index contributed by atoms with van der Waals surface area (Å²) in [5.41, 5.74) is 7.00. The maximum absolute atomic E-state index is 13.0. The molecule has 18 heavy (non-hydrogen) atoms. The number of halogens is 2. The number of benzene rings is 1. The lowest BCUT2D eigenvalue weighted by molar-refractivity contribution is 0.627. The smallest absolute Gasteiger partial charge is 0.148 e. The molecule has 0 saturated heterocycles. The van der Waals surface area contributed by atoms with E-state index < -0.39 is 0 Å². The van der Waals surface area contributed by atoms with E-state index in [2.05, 4.69) is 10.3 Å². The van der Waals surface area contributed by atoms with E-state index in [1.54, 1.807) is 6.07 Å². The number of nitrogens with zero attached hydrogens (tertiary/aromatic N) is 2. The lowest BCUT2D eigenvalue weighted by Crippen LogP contribution is -2.00. The van der Waals surface area contributed by atoms with Gasteiger partial charge in [0, 0.05) is 3.57 Å². The van der Waals surface area contributed by atoms with Crippen molar-refractivity contribution in [1.29, 1.82) is 5.26 Å². The van der Waals surface area contributed by atoms with Crippen molar-refractivity contribution >= 4 is 39.8 Å². The van der Waals surface area contributed by atoms with Gasteiger partial charge in [0.25, 0.3) is 0 Å². The van der Waals surface area contributed by atoms with E-state index in [9.17, 15) is 4.39 Å². The van der Waals surface area contributed by atoms with Crippen LogP contribution in [-0.4, -0.2) is 4.98 Å². The Morgan fingerprint density at radius 1 is 1.39 bits per heavy atom. The number of aromatic nitrogens is 1. The zero-order valence-electron chi connectivity index (χ0n) is 9.11. The van der Waals surface area contributed by atoms with Crippen LogP contribution in [0, 0.1) is 20.7 Å². The van der Waals surface area contributed by atoms with Crippen LogP contribution < -0.4 is 11.1 Å². The first kappa shape index (κ1) is 12.6. The molecular formula is C12H8FIN4. The van der Waals surface area contributed by atoms with E-state index in [0.29, 0.717) is 26.3 Å². The molecule has 2 aromatic rings. The number of nitrogens with one attached hydrogen (secondary N) is 1. The Bertz CT molecular complexity index is 636. The minimum atomic E-state index is -0.310. The number of pyridine rings is 1. The van der Waals surface area contributed by atoms with Crippen LogP contribution in [0.15, 0.2) is 30.5 Å². The van der Waals surface area contributed by atoms with Crippen LogP contribution >= 0.6 is 22.6 Å². The lowest BCUT2D eigenvalue weighted by atomic mass is 10.2. The molecule has 1 aromatic heterocycles. The minimum absolute atomic E-state index is 0.310. The van der Waals surface area contributed by atoms with Crippen molar-refractivity contribution in [3.05, 3.63) is 45.4 Å². The zero-order chi connectivity index (χ0) is 13.1. The average Bonchev–Trinajstić information content (AvgIpc) is 2.34. The molecular weight excluding hydrogens is 346 g/mol. The molecule has 0 fully saturated rings. The normalized spacial score (nSPS) is 9.83. The third-order valence-corrected chi connectivity index (χ3v) is 3.11. The molecule has 1 aromatic carbocycles. The molecule has 0 atom stereocenters. The minimum Gasteiger partial charge on any atom is -0.397 e. The maximum Gasteiger partial charge on any atom is 0.148 e. The van der Waals surface area contributed by atoms with E-state index in [1.807, 2.05) is 28.7 Å². The summed E-state index contributed by atoms with van der Waals surface area (Å²) >= 11 is 2.01. The van der Waals surface area contributed by atoms with Crippen LogP contribution in [-0.2, 0) is 0 Å². The number of anilines is 3. The van der Waals surface area contributed by atoms with Gasteiger partial charge in [0.1, 0.15) is 17.7 Å². The number of nitrogen functional groups attached to an aromatic ring is 1. The second-order valence-corrected chi connectivity index (χ2v) is 4.69. The van der Waals surface area contributed by atoms with Gasteiger partial charge in [0.05, 0.1) is 23.1 Å². The Hall–Kier alpha value is -1.88. The van der Waals surface area contributed by atoms with Crippen LogP contribution in [0.1, 0.15) is 5.56 Å². The topological polar surface area (TPSA) is 74.7 Å². The molecule has 2 rings (SSSR count). The van der Waals surface area contributed by atoms with Gasteiger partial charge in [-0.05, 0) is 46.9 Å². The highest BCUT2D eigenvalue weighted by atomic mass is 127. The highest BCUT2D eigenvalue weighted by molar-refractivity contribution is 14.1. The number of rotatable bonds is 2. The number of nitrogens with two attached hydrogens (primary N) is 1. The molecule has 4 nitrogen and oxygen atoms in total. The first-order valence-corrected chi connectivity index (χ1v) is 6.05. The van der Waals surface area contributed by atoms with Crippen molar-refractivity contribution in [2.24, 2.45) is 0 Å². The van der Waals surface area contributed by atoms with Gasteiger partial charge in [-0.3, -0.25) is 0 Å². The molecule has 0 spiro atoms. The average molecular weight is 354 g/mol. The van der Waals surface area contributed by atoms with Gasteiger partial charge in [-0.2, -0.15) is 5.26 Å². The Labute approximate surface area is 117 Å². The summed E-state index contributed by atoms with van der Waals surface area (Å²) in [6, 6.07) is 7.87. The fraction of sp³-hybridized carbons (Fsp3) is 0. The van der Waals surface area contributed by atoms with Crippen molar-refractivity contribution < 1.29 is 4.39 Å². The predicted molar refractivity (Wildman–Crippen MR) is 75.8 cm³/mol. The van der Waals surface area contributed by atoms with Gasteiger partial charge in [0.2, 0.25) is 0 Å². The molecule has 0 unspecified atom stereocenters. The summed E-state index contributed by atoms with van der Waals surface area (Å²) in [4.78, 5) is 4.05. The zero-order valence-corrected chi connectivity index (χ0v) is 11.3. The highest BCUT2D eigenvalue weighted by Crippen LogP contribution is 2.24. The van der Waals surface area contributed by atoms with Crippen molar-refractivity contribution in [2.45, 2.75) is 0 Å². The lowest BCUT2D eigenvalue weighted by Gasteiger charge is -2.09. The Morgan fingerprint density at radius 3 is 2.83 bits per heavy atom. The molecule has 0 aliphatic rings. The van der Waals surface area contributed by atoms with Gasteiger partial charge < -0.3 is 11.1 Å². The quantitative estimate of drug-likeness (QED) is 0.813. The van der Waals surface area contributed by atoms with Crippen LogP contribution in [0.25, 0.3) is 0 Å². The summed E-state index contributed by atoms with van der Waals surface area (Å²) in [6.45, 7) is 0. The van der Waals surface area contributed by atoms with Gasteiger partial charge in [-0.25, -0.2) is 9.37 Å². The third-order valence-electron chi connectivity index (χ3n) is 2.21. The standard InChI is InChI=1S/C12H8FIN4/c13-8-1-2-11(10(14)4-8)18-12-7(5-15)3-9(16)6-17-12/h1-4,6H,16H2,(H,17,18). The Kier molecular flexibility index (Phi) is 3.62. The van der Waals surface area contributed by atoms with E-state index in [-0.39, 0.29) is 5.82 Å². The van der Waals surface area contributed by atoms with Gasteiger partial charge in [-0.15, -0.1) is 0 Å². The van der Waals surface area contributed by atoms with Crippen molar-refractivity contribution in [3.8, 4) is 6.07 Å². The highest BCUT2D eigenvalue weighted by Gasteiger charge is 2.07. The SMILES string of the molecule is N#Cc1cc(N)cnc1Nc1ccc(F)cc1I. The van der Waals surface area contributed by atoms with Crippen LogP contribution in [0.4, 0.5) is 21.6 Å². The van der Waals surface area contributed by atoms with E-state index >= 15 is 0 Å². The van der Waals surface area contributed by atoms with Gasteiger partial charge in [0.15, 0.2) is 0 Å². The monoisotopic (exact) mass is 354 g/mol. The third kappa shape index (κ3) is 2.68. The molecule has 0 saturated carbocycles. The molecule has 1 heterocycles. The van der Waals surface area contributed by atoms with E-state index in [0.717, 1.165) is 0 Å². The summed E-state index contributed by atoms with van der Waals surface area (Å²) in [5, 5.41) is 12.0. The molecule has 0 aliphatic heterocycles. The fourth-order valence-corrected chi connectivity index (χ4v) is 2.00. The Balaban J connectivity index is 2.37. The van der Waals surface area contributed by atoms with Crippen molar-refractivity contribution in [2.75, 3.05) is 11.1 Å². The first-order valence-electron chi connectivity index (χ1n) is 4.98. The second-order valence-electron chi connectivity index (χ2n) is 3.53. The predicted octanol–water partition coefficient (Wildman–Crippen LogP) is 3.02. The van der Waals surface area contributed by atoms with E-state index in [1.165, 1.54) is 24.4 Å². The van der Waals surface area contributed by atoms with Crippen molar-refractivity contribution in [1.82, 2.24) is 4.98 Å². The van der Waals surface area contributed by atoms with Crippen LogP contribution in [0.2, 0.25) is 0 Å². The van der Waals surface area contributed by atoms with Gasteiger partial charge in [-0.1, -0.05) is 0 Å². The Morgan fingerprint density at radius 2 is 2.17 bits per heavy atom. The maximum atomic E-state index is 13.0. The molecule has 0 amide bonds. The van der Waals surface area contributed by atoms with Gasteiger partial charge >= 0.3 is 0 Å². The number of nitriles is 1. The fourth-order valence-electron chi connectivity index (χ4n) is 1.38. The summed E-state index contributed by atoms with van der Waals surface area (Å²) in [5.74, 6) is 0.0898. The molecule has 6 heteroatoms. The first-order chi connectivity index (χ1) is 8.60. The van der Waals surface area contributed by atoms with Crippen LogP contribution in [0.3, 0.4) is 0 Å². The summed E-state index contributed by atoms with van der Waals surface area (Å²) < 4.78 is 13.7. The molecule has 0 bridgehead atoms. The number of hydrogen-bond donors (Lipinski definition) is 2. The molecule has 0 aliphatic carbocycles. The second kappa shape index (κ2) is 5.18.